The molecule has 1 heterocycles. The molecule has 0 atom stereocenters. The van der Waals surface area contributed by atoms with Gasteiger partial charge < -0.3 is 9.88 Å². The summed E-state index contributed by atoms with van der Waals surface area (Å²) in [7, 11) is 0. The second-order valence-corrected chi connectivity index (χ2v) is 5.53. The van der Waals surface area contributed by atoms with Crippen LogP contribution in [0.3, 0.4) is 0 Å². The molecule has 0 aliphatic rings. The molecule has 1 aromatic heterocycles. The smallest absolute Gasteiger partial charge is 0.216 e. The van der Waals surface area contributed by atoms with Crippen molar-refractivity contribution in [2.24, 2.45) is 0 Å². The van der Waals surface area contributed by atoms with Crippen molar-refractivity contribution in [3.05, 3.63) is 28.5 Å². The van der Waals surface area contributed by atoms with E-state index < -0.39 is 0 Å². The summed E-state index contributed by atoms with van der Waals surface area (Å²) in [5, 5.41) is 2.80. The Bertz CT molecular complexity index is 597. The first-order chi connectivity index (χ1) is 9.11. The number of carbonyl (C=O) groups is 1. The lowest BCUT2D eigenvalue weighted by atomic mass is 10.3. The van der Waals surface area contributed by atoms with Gasteiger partial charge in [0.05, 0.1) is 11.0 Å². The summed E-state index contributed by atoms with van der Waals surface area (Å²) < 4.78 is 3.11. The van der Waals surface area contributed by atoms with E-state index in [4.69, 9.17) is 11.6 Å². The maximum absolute atomic E-state index is 10.9. The molecule has 1 amide bonds. The summed E-state index contributed by atoms with van der Waals surface area (Å²) in [6.07, 6.45) is 0.716. The van der Waals surface area contributed by atoms with Gasteiger partial charge in [0.15, 0.2) is 0 Å². The first kappa shape index (κ1) is 14.3. The average Bonchev–Trinajstić information content (AvgIpc) is 2.66. The normalized spacial score (nSPS) is 10.9. The number of nitrogens with zero attached hydrogens (tertiary/aromatic N) is 2. The van der Waals surface area contributed by atoms with E-state index in [1.54, 1.807) is 0 Å². The minimum atomic E-state index is -0.0222. The molecule has 0 spiro atoms. The number of hydrogen-bond donors (Lipinski definition) is 1. The topological polar surface area (TPSA) is 46.9 Å². The number of alkyl halides is 1. The van der Waals surface area contributed by atoms with Gasteiger partial charge in [-0.25, -0.2) is 4.98 Å². The minimum Gasteiger partial charge on any atom is -0.355 e. The van der Waals surface area contributed by atoms with Gasteiger partial charge in [-0.2, -0.15) is 0 Å². The van der Waals surface area contributed by atoms with Gasteiger partial charge in [-0.15, -0.1) is 11.6 Å². The van der Waals surface area contributed by atoms with E-state index in [0.29, 0.717) is 25.4 Å². The van der Waals surface area contributed by atoms with E-state index in [1.807, 2.05) is 18.2 Å². The molecule has 2 rings (SSSR count). The van der Waals surface area contributed by atoms with E-state index in [9.17, 15) is 4.79 Å². The highest BCUT2D eigenvalue weighted by Gasteiger charge is 2.10. The number of benzene rings is 1. The van der Waals surface area contributed by atoms with Crippen LogP contribution in [-0.4, -0.2) is 27.9 Å². The predicted molar refractivity (Wildman–Crippen MR) is 80.5 cm³/mol. The molecule has 4 nitrogen and oxygen atoms in total. The number of fused-ring (bicyclic) bond motifs is 1. The van der Waals surface area contributed by atoms with Crippen LogP contribution in [0.25, 0.3) is 11.0 Å². The number of nitrogens with one attached hydrogen (secondary N) is 1. The third-order valence-electron chi connectivity index (χ3n) is 2.82. The molecular weight excluding hydrogens is 330 g/mol. The molecule has 102 valence electrons. The van der Waals surface area contributed by atoms with Crippen molar-refractivity contribution in [1.29, 1.82) is 0 Å². The molecule has 0 aliphatic carbocycles. The summed E-state index contributed by atoms with van der Waals surface area (Å²) >= 11 is 9.26. The molecule has 2 aromatic rings. The number of aromatic nitrogens is 2. The van der Waals surface area contributed by atoms with Gasteiger partial charge in [0.1, 0.15) is 5.82 Å². The van der Waals surface area contributed by atoms with Gasteiger partial charge in [-0.1, -0.05) is 15.9 Å². The van der Waals surface area contributed by atoms with Crippen LogP contribution < -0.4 is 5.32 Å². The lowest BCUT2D eigenvalue weighted by Crippen LogP contribution is -2.25. The van der Waals surface area contributed by atoms with Gasteiger partial charge >= 0.3 is 0 Å². The number of rotatable bonds is 5. The summed E-state index contributed by atoms with van der Waals surface area (Å²) in [5.74, 6) is 1.46. The zero-order valence-corrected chi connectivity index (χ0v) is 13.0. The molecular formula is C13H15BrClN3O. The molecule has 0 saturated heterocycles. The van der Waals surface area contributed by atoms with E-state index in [-0.39, 0.29) is 5.91 Å². The molecule has 0 unspecified atom stereocenters. The number of hydrogen-bond acceptors (Lipinski definition) is 2. The van der Waals surface area contributed by atoms with Gasteiger partial charge in [0.25, 0.3) is 0 Å². The molecule has 0 radical (unpaired) electrons. The van der Waals surface area contributed by atoms with Crippen molar-refractivity contribution in [2.45, 2.75) is 19.9 Å². The molecule has 1 aromatic carbocycles. The fraction of sp³-hybridized carbons (Fsp3) is 0.385. The van der Waals surface area contributed by atoms with Crippen LogP contribution in [0.1, 0.15) is 12.7 Å². The van der Waals surface area contributed by atoms with Crippen molar-refractivity contribution in [1.82, 2.24) is 14.9 Å². The highest BCUT2D eigenvalue weighted by atomic mass is 79.9. The fourth-order valence-electron chi connectivity index (χ4n) is 2.02. The molecule has 0 aliphatic heterocycles. The van der Waals surface area contributed by atoms with Crippen LogP contribution in [0, 0.1) is 0 Å². The van der Waals surface area contributed by atoms with Crippen molar-refractivity contribution < 1.29 is 4.79 Å². The highest BCUT2D eigenvalue weighted by Crippen LogP contribution is 2.21. The molecule has 19 heavy (non-hydrogen) atoms. The SMILES string of the molecule is CC(=O)NCCn1c(CCCl)nc2cc(Br)ccc21. The predicted octanol–water partition coefficient (Wildman–Crippen LogP) is 2.72. The van der Waals surface area contributed by atoms with E-state index >= 15 is 0 Å². The van der Waals surface area contributed by atoms with Crippen molar-refractivity contribution in [3.63, 3.8) is 0 Å². The maximum atomic E-state index is 10.9. The number of carbonyl (C=O) groups excluding carboxylic acids is 1. The quantitative estimate of drug-likeness (QED) is 0.848. The Morgan fingerprint density at radius 2 is 2.32 bits per heavy atom. The Morgan fingerprint density at radius 1 is 1.53 bits per heavy atom. The van der Waals surface area contributed by atoms with Gasteiger partial charge in [-0.05, 0) is 18.2 Å². The number of halogens is 2. The minimum absolute atomic E-state index is 0.0222. The Hall–Kier alpha value is -1.07. The highest BCUT2D eigenvalue weighted by molar-refractivity contribution is 9.10. The van der Waals surface area contributed by atoms with Crippen LogP contribution in [0.2, 0.25) is 0 Å². The van der Waals surface area contributed by atoms with E-state index in [0.717, 1.165) is 21.3 Å². The largest absolute Gasteiger partial charge is 0.355 e. The lowest BCUT2D eigenvalue weighted by Gasteiger charge is -2.08. The Balaban J connectivity index is 2.31. The molecule has 0 bridgehead atoms. The zero-order chi connectivity index (χ0) is 13.8. The molecule has 0 saturated carbocycles. The Kier molecular flexibility index (Phi) is 4.82. The van der Waals surface area contributed by atoms with Crippen molar-refractivity contribution >= 4 is 44.5 Å². The first-order valence-corrected chi connectivity index (χ1v) is 7.39. The van der Waals surface area contributed by atoms with Crippen LogP contribution in [0.15, 0.2) is 22.7 Å². The summed E-state index contributed by atoms with van der Waals surface area (Å²) in [5.41, 5.74) is 2.01. The summed E-state index contributed by atoms with van der Waals surface area (Å²) in [6, 6.07) is 6.00. The number of aryl methyl sites for hydroxylation is 1. The first-order valence-electron chi connectivity index (χ1n) is 6.07. The Morgan fingerprint density at radius 3 is 3.00 bits per heavy atom. The standard InChI is InChI=1S/C13H15BrClN3O/c1-9(19)16-6-7-18-12-3-2-10(14)8-11(12)17-13(18)4-5-15/h2-3,8H,4-7H2,1H3,(H,16,19). The number of imidazole rings is 1. The maximum Gasteiger partial charge on any atom is 0.216 e. The van der Waals surface area contributed by atoms with Crippen LogP contribution in [0.4, 0.5) is 0 Å². The van der Waals surface area contributed by atoms with Crippen molar-refractivity contribution in [2.75, 3.05) is 12.4 Å². The Labute approximate surface area is 125 Å². The average molecular weight is 345 g/mol. The van der Waals surface area contributed by atoms with E-state index in [2.05, 4.69) is 30.8 Å². The van der Waals surface area contributed by atoms with Gasteiger partial charge in [0, 0.05) is 36.8 Å². The number of amides is 1. The second kappa shape index (κ2) is 6.39. The molecule has 1 N–H and O–H groups in total. The van der Waals surface area contributed by atoms with Gasteiger partial charge in [-0.3, -0.25) is 4.79 Å². The van der Waals surface area contributed by atoms with Gasteiger partial charge in [0.2, 0.25) is 5.91 Å². The molecule has 0 fully saturated rings. The second-order valence-electron chi connectivity index (χ2n) is 4.23. The zero-order valence-electron chi connectivity index (χ0n) is 10.6. The van der Waals surface area contributed by atoms with Crippen LogP contribution >= 0.6 is 27.5 Å². The summed E-state index contributed by atoms with van der Waals surface area (Å²) in [6.45, 7) is 2.80. The lowest BCUT2D eigenvalue weighted by molar-refractivity contribution is -0.118. The van der Waals surface area contributed by atoms with Crippen LogP contribution in [0.5, 0.6) is 0 Å². The monoisotopic (exact) mass is 343 g/mol. The fourth-order valence-corrected chi connectivity index (χ4v) is 2.54. The summed E-state index contributed by atoms with van der Waals surface area (Å²) in [4.78, 5) is 15.5. The van der Waals surface area contributed by atoms with E-state index in [1.165, 1.54) is 6.92 Å². The molecule has 6 heteroatoms. The van der Waals surface area contributed by atoms with Crippen molar-refractivity contribution in [3.8, 4) is 0 Å². The van der Waals surface area contributed by atoms with Crippen LogP contribution in [-0.2, 0) is 17.8 Å². The third kappa shape index (κ3) is 3.48. The third-order valence-corrected chi connectivity index (χ3v) is 3.50.